The molecule has 0 radical (unpaired) electrons. The molecule has 1 aliphatic heterocycles. The summed E-state index contributed by atoms with van der Waals surface area (Å²) in [5, 5.41) is 9.53. The van der Waals surface area contributed by atoms with Gasteiger partial charge < -0.3 is 5.32 Å². The third kappa shape index (κ3) is 3.07. The van der Waals surface area contributed by atoms with Crippen LogP contribution in [0.4, 0.5) is 5.82 Å². The molecule has 0 saturated heterocycles. The first-order valence-corrected chi connectivity index (χ1v) is 12.4. The Balaban J connectivity index is 1.54. The minimum atomic E-state index is -0.0345. The number of ketones is 1. The van der Waals surface area contributed by atoms with Crippen LogP contribution < -0.4 is 5.32 Å². The number of carbonyl (C=O) groups excluding carboxylic acids is 1. The van der Waals surface area contributed by atoms with E-state index < -0.39 is 0 Å². The average molecular weight is 445 g/mol. The number of aryl methyl sites for hydroxylation is 1. The molecule has 6 heteroatoms. The molecule has 2 unspecified atom stereocenters. The average Bonchev–Trinajstić information content (AvgIpc) is 3.33. The lowest BCUT2D eigenvalue weighted by molar-refractivity contribution is -0.118. The first-order chi connectivity index (χ1) is 15.4. The van der Waals surface area contributed by atoms with E-state index in [9.17, 15) is 4.79 Å². The standard InChI is InChI=1S/C26H28N4OS/c1-15-21-22(16-9-5-4-6-10-16)23-18(13-26(2,3)14-19(23)31)27-24(21)30(29-15)25-28-17-11-7-8-12-20(17)32-25/h4-5,7-8,11-12,16,22,27H,6,9-10,13-14H2,1-3H3. The monoisotopic (exact) mass is 444 g/mol. The predicted octanol–water partition coefficient (Wildman–Crippen LogP) is 6.30. The minimum Gasteiger partial charge on any atom is -0.343 e. The smallest absolute Gasteiger partial charge is 0.213 e. The van der Waals surface area contributed by atoms with Gasteiger partial charge in [0, 0.05) is 29.2 Å². The van der Waals surface area contributed by atoms with Gasteiger partial charge in [0.25, 0.3) is 0 Å². The maximum atomic E-state index is 13.5. The summed E-state index contributed by atoms with van der Waals surface area (Å²) in [5.74, 6) is 1.85. The molecule has 3 aromatic rings. The molecule has 2 atom stereocenters. The number of Topliss-reactive ketones (excluding diaryl/α,β-unsaturated/α-hetero) is 1. The second-order valence-corrected chi connectivity index (χ2v) is 11.2. The topological polar surface area (TPSA) is 59.8 Å². The third-order valence-electron chi connectivity index (χ3n) is 7.16. The Hall–Kier alpha value is -2.73. The van der Waals surface area contributed by atoms with Crippen LogP contribution in [0.5, 0.6) is 0 Å². The first kappa shape index (κ1) is 19.9. The number of carbonyl (C=O) groups is 1. The zero-order valence-corrected chi connectivity index (χ0v) is 19.6. The van der Waals surface area contributed by atoms with Crippen LogP contribution in [0.1, 0.15) is 63.1 Å². The fraction of sp³-hybridized carbons (Fsp3) is 0.423. The van der Waals surface area contributed by atoms with Crippen LogP contribution in [0.25, 0.3) is 15.3 Å². The molecule has 1 N–H and O–H groups in total. The van der Waals surface area contributed by atoms with Crippen LogP contribution in [0.15, 0.2) is 47.7 Å². The highest BCUT2D eigenvalue weighted by atomic mass is 32.1. The van der Waals surface area contributed by atoms with Crippen LogP contribution in [0.3, 0.4) is 0 Å². The molecule has 0 bridgehead atoms. The highest BCUT2D eigenvalue weighted by molar-refractivity contribution is 7.20. The van der Waals surface area contributed by atoms with Gasteiger partial charge in [0.1, 0.15) is 5.82 Å². The van der Waals surface area contributed by atoms with E-state index in [2.05, 4.69) is 44.3 Å². The Morgan fingerprint density at radius 1 is 1.19 bits per heavy atom. The van der Waals surface area contributed by atoms with E-state index >= 15 is 0 Å². The summed E-state index contributed by atoms with van der Waals surface area (Å²) in [7, 11) is 0. The maximum absolute atomic E-state index is 13.5. The Morgan fingerprint density at radius 3 is 2.81 bits per heavy atom. The summed E-state index contributed by atoms with van der Waals surface area (Å²) in [4.78, 5) is 18.3. The molecule has 0 fully saturated rings. The number of benzene rings is 1. The molecule has 1 aromatic carbocycles. The summed E-state index contributed by atoms with van der Waals surface area (Å²) in [6, 6.07) is 8.22. The van der Waals surface area contributed by atoms with Gasteiger partial charge in [-0.3, -0.25) is 4.79 Å². The van der Waals surface area contributed by atoms with E-state index in [1.165, 1.54) is 5.56 Å². The van der Waals surface area contributed by atoms with Crippen molar-refractivity contribution in [3.05, 3.63) is 58.9 Å². The number of thiazole rings is 1. The normalized spacial score (nSPS) is 24.4. The Kier molecular flexibility index (Phi) is 4.44. The van der Waals surface area contributed by atoms with Crippen LogP contribution in [-0.2, 0) is 4.79 Å². The molecule has 32 heavy (non-hydrogen) atoms. The Bertz CT molecular complexity index is 1280. The third-order valence-corrected chi connectivity index (χ3v) is 8.17. The molecular formula is C26H28N4OS. The predicted molar refractivity (Wildman–Crippen MR) is 129 cm³/mol. The molecule has 3 aliphatic rings. The minimum absolute atomic E-state index is 0.0345. The zero-order chi connectivity index (χ0) is 22.0. The van der Waals surface area contributed by atoms with Gasteiger partial charge in [-0.05, 0) is 56.1 Å². The molecule has 0 amide bonds. The molecule has 164 valence electrons. The Morgan fingerprint density at radius 2 is 2.03 bits per heavy atom. The van der Waals surface area contributed by atoms with Crippen molar-refractivity contribution in [1.29, 1.82) is 0 Å². The molecule has 6 rings (SSSR count). The number of hydrogen-bond donors (Lipinski definition) is 1. The van der Waals surface area contributed by atoms with Crippen LogP contribution >= 0.6 is 11.3 Å². The van der Waals surface area contributed by atoms with E-state index in [4.69, 9.17) is 10.1 Å². The van der Waals surface area contributed by atoms with Crippen molar-refractivity contribution in [3.8, 4) is 5.13 Å². The van der Waals surface area contributed by atoms with E-state index in [0.717, 1.165) is 63.8 Å². The second kappa shape index (κ2) is 7.14. The van der Waals surface area contributed by atoms with Gasteiger partial charge in [-0.15, -0.1) is 0 Å². The lowest BCUT2D eigenvalue weighted by Gasteiger charge is -2.41. The fourth-order valence-corrected chi connectivity index (χ4v) is 6.73. The maximum Gasteiger partial charge on any atom is 0.213 e. The van der Waals surface area contributed by atoms with Crippen molar-refractivity contribution >= 4 is 33.2 Å². The molecule has 3 heterocycles. The summed E-state index contributed by atoms with van der Waals surface area (Å²) in [6.07, 6.45) is 9.28. The van der Waals surface area contributed by atoms with E-state index in [-0.39, 0.29) is 11.3 Å². The van der Waals surface area contributed by atoms with Crippen molar-refractivity contribution < 1.29 is 4.79 Å². The zero-order valence-electron chi connectivity index (χ0n) is 18.8. The fourth-order valence-electron chi connectivity index (χ4n) is 5.81. The van der Waals surface area contributed by atoms with Crippen molar-refractivity contribution in [2.75, 3.05) is 5.32 Å². The van der Waals surface area contributed by atoms with Gasteiger partial charge in [-0.1, -0.05) is 49.5 Å². The van der Waals surface area contributed by atoms with Gasteiger partial charge in [0.2, 0.25) is 5.13 Å². The lowest BCUT2D eigenvalue weighted by atomic mass is 9.66. The van der Waals surface area contributed by atoms with Gasteiger partial charge in [0.15, 0.2) is 5.78 Å². The molecular weight excluding hydrogens is 416 g/mol. The van der Waals surface area contributed by atoms with Gasteiger partial charge in [-0.25, -0.2) is 4.98 Å². The van der Waals surface area contributed by atoms with Crippen molar-refractivity contribution in [2.45, 2.75) is 58.8 Å². The molecule has 2 aromatic heterocycles. The first-order valence-electron chi connectivity index (χ1n) is 11.5. The van der Waals surface area contributed by atoms with Crippen LogP contribution in [0.2, 0.25) is 0 Å². The highest BCUT2D eigenvalue weighted by Gasteiger charge is 2.45. The summed E-state index contributed by atoms with van der Waals surface area (Å²) in [6.45, 7) is 6.47. The molecule has 0 spiro atoms. The number of allylic oxidation sites excluding steroid dienone is 4. The molecule has 2 aliphatic carbocycles. The molecule has 0 saturated carbocycles. The number of rotatable bonds is 2. The van der Waals surface area contributed by atoms with Gasteiger partial charge in [-0.2, -0.15) is 9.78 Å². The van der Waals surface area contributed by atoms with Crippen LogP contribution in [-0.4, -0.2) is 20.5 Å². The van der Waals surface area contributed by atoms with E-state index in [1.54, 1.807) is 11.3 Å². The van der Waals surface area contributed by atoms with Gasteiger partial charge in [0.05, 0.1) is 15.9 Å². The second-order valence-electron chi connectivity index (χ2n) is 10.2. The summed E-state index contributed by atoms with van der Waals surface area (Å²) >= 11 is 1.66. The van der Waals surface area contributed by atoms with E-state index in [1.807, 2.05) is 22.9 Å². The SMILES string of the molecule is Cc1nn(-c2nc3ccccc3s2)c2c1C(C1CC=CCC1)C1=C(CC(C)(C)CC1=O)N2. The summed E-state index contributed by atoms with van der Waals surface area (Å²) < 4.78 is 3.14. The Labute approximate surface area is 192 Å². The van der Waals surface area contributed by atoms with Crippen molar-refractivity contribution in [3.63, 3.8) is 0 Å². The number of para-hydroxylation sites is 1. The largest absolute Gasteiger partial charge is 0.343 e. The number of nitrogens with zero attached hydrogens (tertiary/aromatic N) is 3. The number of aromatic nitrogens is 3. The van der Waals surface area contributed by atoms with Crippen molar-refractivity contribution in [1.82, 2.24) is 14.8 Å². The quantitative estimate of drug-likeness (QED) is 0.471. The van der Waals surface area contributed by atoms with Gasteiger partial charge >= 0.3 is 0 Å². The molecule has 5 nitrogen and oxygen atoms in total. The van der Waals surface area contributed by atoms with Crippen molar-refractivity contribution in [2.24, 2.45) is 11.3 Å². The number of anilines is 1. The highest BCUT2D eigenvalue weighted by Crippen LogP contribution is 2.52. The lowest BCUT2D eigenvalue weighted by Crippen LogP contribution is -2.36. The van der Waals surface area contributed by atoms with E-state index in [0.29, 0.717) is 18.1 Å². The number of hydrogen-bond acceptors (Lipinski definition) is 5. The summed E-state index contributed by atoms with van der Waals surface area (Å²) in [5.41, 5.74) is 5.26. The van der Waals surface area contributed by atoms with Crippen LogP contribution in [0, 0.1) is 18.3 Å². The number of fused-ring (bicyclic) bond motifs is 2. The number of nitrogens with one attached hydrogen (secondary N) is 1.